The minimum Gasteiger partial charge on any atom is -0.493 e. The van der Waals surface area contributed by atoms with Crippen molar-refractivity contribution >= 4 is 0 Å². The lowest BCUT2D eigenvalue weighted by atomic mass is 9.81. The van der Waals surface area contributed by atoms with E-state index in [0.717, 1.165) is 42.4 Å². The molecule has 4 rings (SSSR count). The number of methoxy groups -OCH3 is 4. The third-order valence-electron chi connectivity index (χ3n) is 5.99. The van der Waals surface area contributed by atoms with Gasteiger partial charge in [0.25, 0.3) is 0 Å². The van der Waals surface area contributed by atoms with Crippen molar-refractivity contribution in [2.45, 2.75) is 38.4 Å². The quantitative estimate of drug-likeness (QED) is 0.821. The first-order valence-corrected chi connectivity index (χ1v) is 9.34. The van der Waals surface area contributed by atoms with E-state index in [0.29, 0.717) is 12.1 Å². The molecule has 5 nitrogen and oxygen atoms in total. The summed E-state index contributed by atoms with van der Waals surface area (Å²) in [5, 5.41) is 0. The van der Waals surface area contributed by atoms with Gasteiger partial charge in [-0.05, 0) is 54.7 Å². The number of benzene rings is 2. The van der Waals surface area contributed by atoms with E-state index in [2.05, 4.69) is 30.0 Å². The van der Waals surface area contributed by atoms with Gasteiger partial charge in [-0.2, -0.15) is 0 Å². The molecule has 0 saturated carbocycles. The monoisotopic (exact) mass is 369 g/mol. The molecule has 5 heteroatoms. The molecular formula is C22H27NO4. The molecule has 144 valence electrons. The predicted octanol–water partition coefficient (Wildman–Crippen LogP) is 3.77. The van der Waals surface area contributed by atoms with E-state index >= 15 is 0 Å². The van der Waals surface area contributed by atoms with Crippen LogP contribution in [0.3, 0.4) is 0 Å². The molecule has 2 heterocycles. The van der Waals surface area contributed by atoms with Gasteiger partial charge in [0.05, 0.1) is 28.4 Å². The second-order valence-corrected chi connectivity index (χ2v) is 7.29. The Labute approximate surface area is 160 Å². The van der Waals surface area contributed by atoms with Crippen molar-refractivity contribution < 1.29 is 18.9 Å². The van der Waals surface area contributed by atoms with Crippen molar-refractivity contribution in [3.8, 4) is 23.0 Å². The first-order chi connectivity index (χ1) is 13.1. The summed E-state index contributed by atoms with van der Waals surface area (Å²) in [6.07, 6.45) is 1.94. The maximum atomic E-state index is 5.70. The van der Waals surface area contributed by atoms with Crippen LogP contribution in [0.2, 0.25) is 0 Å². The van der Waals surface area contributed by atoms with Gasteiger partial charge in [-0.25, -0.2) is 0 Å². The van der Waals surface area contributed by atoms with Crippen LogP contribution in [0.25, 0.3) is 0 Å². The Bertz CT molecular complexity index is 864. The Kier molecular flexibility index (Phi) is 4.64. The maximum absolute atomic E-state index is 5.70. The van der Waals surface area contributed by atoms with Gasteiger partial charge in [-0.1, -0.05) is 6.07 Å². The molecule has 0 fully saturated rings. The predicted molar refractivity (Wildman–Crippen MR) is 104 cm³/mol. The summed E-state index contributed by atoms with van der Waals surface area (Å²) in [6.45, 7) is 3.15. The molecule has 0 saturated heterocycles. The molecule has 2 aromatic carbocycles. The molecule has 0 aromatic heterocycles. The standard InChI is InChI=1S/C22H27NO4/c1-13-8-15-10-20(25-3)21(26-4)11-16(15)18-9-14-6-7-19(24-2)22(27-5)17(14)12-23(13)18/h6-7,10-11,13,18H,8-9,12H2,1-5H3/t13-,18+/m1/s1. The molecule has 2 aliphatic heterocycles. The van der Waals surface area contributed by atoms with E-state index < -0.39 is 0 Å². The van der Waals surface area contributed by atoms with E-state index in [4.69, 9.17) is 18.9 Å². The Morgan fingerprint density at radius 3 is 2.19 bits per heavy atom. The van der Waals surface area contributed by atoms with Crippen molar-refractivity contribution in [3.63, 3.8) is 0 Å². The molecule has 27 heavy (non-hydrogen) atoms. The van der Waals surface area contributed by atoms with Gasteiger partial charge in [0, 0.05) is 24.2 Å². The summed E-state index contributed by atoms with van der Waals surface area (Å²) in [5.41, 5.74) is 5.25. The molecule has 2 atom stereocenters. The van der Waals surface area contributed by atoms with E-state index in [-0.39, 0.29) is 0 Å². The molecule has 0 aliphatic carbocycles. The number of ether oxygens (including phenoxy) is 4. The van der Waals surface area contributed by atoms with Crippen LogP contribution in [-0.2, 0) is 19.4 Å². The zero-order valence-electron chi connectivity index (χ0n) is 16.7. The summed E-state index contributed by atoms with van der Waals surface area (Å²) in [5.74, 6) is 3.26. The van der Waals surface area contributed by atoms with Crippen LogP contribution in [0.4, 0.5) is 0 Å². The summed E-state index contributed by atoms with van der Waals surface area (Å²) in [7, 11) is 6.80. The normalized spacial score (nSPS) is 20.9. The average Bonchev–Trinajstić information content (AvgIpc) is 2.70. The van der Waals surface area contributed by atoms with Crippen LogP contribution >= 0.6 is 0 Å². The second-order valence-electron chi connectivity index (χ2n) is 7.29. The highest BCUT2D eigenvalue weighted by Crippen LogP contribution is 2.47. The summed E-state index contributed by atoms with van der Waals surface area (Å²) in [6, 6.07) is 9.25. The van der Waals surface area contributed by atoms with Crippen molar-refractivity contribution in [2.24, 2.45) is 0 Å². The van der Waals surface area contributed by atoms with Crippen molar-refractivity contribution in [1.82, 2.24) is 4.90 Å². The lowest BCUT2D eigenvalue weighted by molar-refractivity contribution is 0.104. The molecule has 2 aromatic rings. The zero-order chi connectivity index (χ0) is 19.1. The molecule has 0 amide bonds. The Morgan fingerprint density at radius 1 is 0.815 bits per heavy atom. The fraction of sp³-hybridized carbons (Fsp3) is 0.455. The van der Waals surface area contributed by atoms with Gasteiger partial charge in [-0.3, -0.25) is 4.90 Å². The smallest absolute Gasteiger partial charge is 0.165 e. The molecule has 0 N–H and O–H groups in total. The fourth-order valence-corrected chi connectivity index (χ4v) is 4.63. The van der Waals surface area contributed by atoms with Crippen LogP contribution in [-0.4, -0.2) is 39.4 Å². The number of fused-ring (bicyclic) bond motifs is 4. The Balaban J connectivity index is 1.81. The highest BCUT2D eigenvalue weighted by molar-refractivity contribution is 5.55. The largest absolute Gasteiger partial charge is 0.493 e. The minimum atomic E-state index is 0.328. The van der Waals surface area contributed by atoms with Crippen LogP contribution < -0.4 is 18.9 Å². The lowest BCUT2D eigenvalue weighted by Gasteiger charge is -2.45. The number of hydrogen-bond acceptors (Lipinski definition) is 5. The van der Waals surface area contributed by atoms with Gasteiger partial charge < -0.3 is 18.9 Å². The SMILES string of the molecule is COc1cc2c(cc1OC)[C@@H]1Cc3ccc(OC)c(OC)c3CN1[C@H](C)C2. The van der Waals surface area contributed by atoms with Crippen LogP contribution in [0.1, 0.15) is 35.2 Å². The lowest BCUT2D eigenvalue weighted by Crippen LogP contribution is -2.45. The number of rotatable bonds is 4. The van der Waals surface area contributed by atoms with E-state index in [9.17, 15) is 0 Å². The summed E-state index contributed by atoms with van der Waals surface area (Å²) < 4.78 is 22.3. The van der Waals surface area contributed by atoms with Crippen LogP contribution in [0.15, 0.2) is 24.3 Å². The minimum absolute atomic E-state index is 0.328. The van der Waals surface area contributed by atoms with Crippen LogP contribution in [0.5, 0.6) is 23.0 Å². The molecule has 0 radical (unpaired) electrons. The first-order valence-electron chi connectivity index (χ1n) is 9.34. The summed E-state index contributed by atoms with van der Waals surface area (Å²) in [4.78, 5) is 2.57. The maximum Gasteiger partial charge on any atom is 0.165 e. The van der Waals surface area contributed by atoms with E-state index in [1.807, 2.05) is 6.07 Å². The number of nitrogens with zero attached hydrogens (tertiary/aromatic N) is 1. The van der Waals surface area contributed by atoms with Crippen molar-refractivity contribution in [1.29, 1.82) is 0 Å². The molecule has 0 unspecified atom stereocenters. The van der Waals surface area contributed by atoms with E-state index in [1.54, 1.807) is 28.4 Å². The van der Waals surface area contributed by atoms with Gasteiger partial charge >= 0.3 is 0 Å². The molecule has 0 bridgehead atoms. The van der Waals surface area contributed by atoms with Gasteiger partial charge in [0.2, 0.25) is 0 Å². The van der Waals surface area contributed by atoms with Gasteiger partial charge in [-0.15, -0.1) is 0 Å². The van der Waals surface area contributed by atoms with Gasteiger partial charge in [0.1, 0.15) is 0 Å². The van der Waals surface area contributed by atoms with Crippen molar-refractivity contribution in [3.05, 3.63) is 46.5 Å². The molecule has 0 spiro atoms. The Morgan fingerprint density at radius 2 is 1.52 bits per heavy atom. The molecule has 2 aliphatic rings. The van der Waals surface area contributed by atoms with Gasteiger partial charge in [0.15, 0.2) is 23.0 Å². The fourth-order valence-electron chi connectivity index (χ4n) is 4.63. The van der Waals surface area contributed by atoms with Crippen LogP contribution in [0, 0.1) is 0 Å². The number of hydrogen-bond donors (Lipinski definition) is 0. The highest BCUT2D eigenvalue weighted by atomic mass is 16.5. The second kappa shape index (κ2) is 6.97. The first kappa shape index (κ1) is 18.0. The average molecular weight is 369 g/mol. The Hall–Kier alpha value is -2.40. The third-order valence-corrected chi connectivity index (χ3v) is 5.99. The molecular weight excluding hydrogens is 342 g/mol. The topological polar surface area (TPSA) is 40.2 Å². The van der Waals surface area contributed by atoms with E-state index in [1.165, 1.54) is 22.3 Å². The third kappa shape index (κ3) is 2.81. The summed E-state index contributed by atoms with van der Waals surface area (Å²) >= 11 is 0. The zero-order valence-corrected chi connectivity index (χ0v) is 16.7. The highest BCUT2D eigenvalue weighted by Gasteiger charge is 2.38. The van der Waals surface area contributed by atoms with Crippen molar-refractivity contribution in [2.75, 3.05) is 28.4 Å².